The number of hydrogen-bond donors (Lipinski definition) is 1. The van der Waals surface area contributed by atoms with Gasteiger partial charge in [-0.1, -0.05) is 83.3 Å². The molecule has 1 aliphatic heterocycles. The first-order valence-electron chi connectivity index (χ1n) is 9.67. The smallest absolute Gasteiger partial charge is 0.339 e. The highest BCUT2D eigenvalue weighted by Crippen LogP contribution is 2.38. The van der Waals surface area contributed by atoms with Gasteiger partial charge < -0.3 is 10.1 Å². The Labute approximate surface area is 203 Å². The third-order valence-corrected chi connectivity index (χ3v) is 6.16. The zero-order valence-electron chi connectivity index (χ0n) is 16.7. The van der Waals surface area contributed by atoms with E-state index in [1.165, 1.54) is 30.3 Å². The lowest BCUT2D eigenvalue weighted by atomic mass is 9.84. The molecule has 33 heavy (non-hydrogen) atoms. The quantitative estimate of drug-likeness (QED) is 0.157. The lowest BCUT2D eigenvalue weighted by molar-refractivity contribution is -0.138. The number of hydrogen-bond acceptors (Lipinski definition) is 5. The first-order chi connectivity index (χ1) is 15.8. The predicted octanol–water partition coefficient (Wildman–Crippen LogP) is 5.57. The molecule has 0 unspecified atom stereocenters. The second-order valence-electron chi connectivity index (χ2n) is 7.19. The Morgan fingerprint density at radius 3 is 2.21 bits per heavy atom. The summed E-state index contributed by atoms with van der Waals surface area (Å²) in [6, 6.07) is 17.0. The number of esters is 1. The molecule has 0 saturated heterocycles. The van der Waals surface area contributed by atoms with Gasteiger partial charge in [0.05, 0.1) is 26.3 Å². The number of ether oxygens (including phenoxy) is 1. The molecule has 0 spiro atoms. The van der Waals surface area contributed by atoms with Crippen molar-refractivity contribution >= 4 is 63.9 Å². The minimum Gasteiger partial charge on any atom is -0.453 e. The molecule has 166 valence electrons. The number of ketones is 2. The molecule has 0 aromatic heterocycles. The molecule has 2 atom stereocenters. The largest absolute Gasteiger partial charge is 0.453 e. The van der Waals surface area contributed by atoms with Gasteiger partial charge in [-0.2, -0.15) is 0 Å². The third-order valence-electron chi connectivity index (χ3n) is 5.13. The molecular weight excluding hydrogens is 489 g/mol. The summed E-state index contributed by atoms with van der Waals surface area (Å²) in [4.78, 5) is 51.9. The van der Waals surface area contributed by atoms with Gasteiger partial charge >= 0.3 is 5.97 Å². The maximum absolute atomic E-state index is 13.4. The zero-order chi connectivity index (χ0) is 23.7. The van der Waals surface area contributed by atoms with E-state index >= 15 is 0 Å². The van der Waals surface area contributed by atoms with Crippen LogP contribution in [0.25, 0.3) is 0 Å². The summed E-state index contributed by atoms with van der Waals surface area (Å²) in [5.74, 6) is -5.17. The number of carbonyl (C=O) groups is 4. The van der Waals surface area contributed by atoms with Crippen LogP contribution in [0.1, 0.15) is 32.4 Å². The van der Waals surface area contributed by atoms with Gasteiger partial charge in [0.25, 0.3) is 5.91 Å². The molecule has 3 aromatic rings. The molecule has 1 aliphatic rings. The molecule has 3 aromatic carbocycles. The Balaban J connectivity index is 1.71. The lowest BCUT2D eigenvalue weighted by Gasteiger charge is -2.21. The molecule has 6 nitrogen and oxygen atoms in total. The average Bonchev–Trinajstić information content (AvgIpc) is 3.14. The van der Waals surface area contributed by atoms with Gasteiger partial charge in [0.15, 0.2) is 5.78 Å². The van der Waals surface area contributed by atoms with Gasteiger partial charge in [-0.05, 0) is 18.2 Å². The summed E-state index contributed by atoms with van der Waals surface area (Å²) < 4.78 is 5.39. The number of halogens is 3. The minimum absolute atomic E-state index is 0.0409. The summed E-state index contributed by atoms with van der Waals surface area (Å²) >= 11 is 18.0. The highest BCUT2D eigenvalue weighted by atomic mass is 35.5. The maximum Gasteiger partial charge on any atom is 0.339 e. The molecule has 0 saturated carbocycles. The Morgan fingerprint density at radius 1 is 0.848 bits per heavy atom. The van der Waals surface area contributed by atoms with Crippen LogP contribution in [0.15, 0.2) is 66.7 Å². The van der Waals surface area contributed by atoms with Crippen LogP contribution in [0.3, 0.4) is 0 Å². The van der Waals surface area contributed by atoms with Gasteiger partial charge in [-0.25, -0.2) is 4.79 Å². The fourth-order valence-electron chi connectivity index (χ4n) is 3.54. The van der Waals surface area contributed by atoms with Crippen LogP contribution in [-0.2, 0) is 14.3 Å². The SMILES string of the molecule is O=C(Nc1cc(Cl)c(Cl)cc1Cl)C(=O)[C@H](C(=O)c1ccccc1)[C@@H]1OC(=O)c2ccccc21. The van der Waals surface area contributed by atoms with E-state index in [2.05, 4.69) is 5.32 Å². The molecule has 1 heterocycles. The Morgan fingerprint density at radius 2 is 1.48 bits per heavy atom. The first-order valence-corrected chi connectivity index (χ1v) is 10.8. The van der Waals surface area contributed by atoms with Crippen LogP contribution < -0.4 is 5.32 Å². The number of cyclic esters (lactones) is 1. The van der Waals surface area contributed by atoms with Crippen LogP contribution in [0, 0.1) is 5.92 Å². The number of benzene rings is 3. The molecule has 0 aliphatic carbocycles. The van der Waals surface area contributed by atoms with E-state index in [1.807, 2.05) is 0 Å². The number of carbonyl (C=O) groups excluding carboxylic acids is 4. The standard InChI is InChI=1S/C24H14Cl3NO5/c25-15-10-17(27)18(11-16(15)26)28-23(31)21(30)19(20(29)12-6-2-1-3-7-12)22-13-8-4-5-9-14(13)24(32)33-22/h1-11,19,22H,(H,28,31)/t19-,22+/m0/s1. The summed E-state index contributed by atoms with van der Waals surface area (Å²) in [5.41, 5.74) is 0.815. The topological polar surface area (TPSA) is 89.5 Å². The van der Waals surface area contributed by atoms with E-state index in [9.17, 15) is 19.2 Å². The zero-order valence-corrected chi connectivity index (χ0v) is 18.9. The molecule has 1 N–H and O–H groups in total. The summed E-state index contributed by atoms with van der Waals surface area (Å²) in [5, 5.41) is 2.69. The van der Waals surface area contributed by atoms with E-state index in [4.69, 9.17) is 39.5 Å². The molecule has 0 fully saturated rings. The average molecular weight is 503 g/mol. The summed E-state index contributed by atoms with van der Waals surface area (Å²) in [6.07, 6.45) is -1.26. The van der Waals surface area contributed by atoms with Gasteiger partial charge in [0.2, 0.25) is 5.78 Å². The van der Waals surface area contributed by atoms with Crippen molar-refractivity contribution in [1.29, 1.82) is 0 Å². The van der Waals surface area contributed by atoms with Gasteiger partial charge in [0.1, 0.15) is 12.0 Å². The maximum atomic E-state index is 13.4. The fraction of sp³-hybridized carbons (Fsp3) is 0.0833. The molecule has 4 rings (SSSR count). The van der Waals surface area contributed by atoms with E-state index in [1.54, 1.807) is 36.4 Å². The first kappa shape index (κ1) is 23.0. The normalized spacial score (nSPS) is 15.4. The number of nitrogens with one attached hydrogen (secondary N) is 1. The van der Waals surface area contributed by atoms with Crippen LogP contribution in [0.4, 0.5) is 5.69 Å². The number of anilines is 1. The Kier molecular flexibility index (Phi) is 6.51. The van der Waals surface area contributed by atoms with E-state index < -0.39 is 35.5 Å². The van der Waals surface area contributed by atoms with E-state index in [0.29, 0.717) is 5.56 Å². The van der Waals surface area contributed by atoms with Crippen molar-refractivity contribution in [2.75, 3.05) is 5.32 Å². The van der Waals surface area contributed by atoms with Crippen molar-refractivity contribution in [2.24, 2.45) is 5.92 Å². The van der Waals surface area contributed by atoms with Gasteiger partial charge in [-0.15, -0.1) is 0 Å². The molecule has 1 amide bonds. The Bertz CT molecular complexity index is 1290. The molecular formula is C24H14Cl3NO5. The highest BCUT2D eigenvalue weighted by molar-refractivity contribution is 6.47. The van der Waals surface area contributed by atoms with Crippen molar-refractivity contribution in [3.63, 3.8) is 0 Å². The molecule has 0 radical (unpaired) electrons. The predicted molar refractivity (Wildman–Crippen MR) is 124 cm³/mol. The van der Waals surface area contributed by atoms with E-state index in [0.717, 1.165) is 0 Å². The fourth-order valence-corrected chi connectivity index (χ4v) is 4.13. The van der Waals surface area contributed by atoms with Crippen molar-refractivity contribution in [2.45, 2.75) is 6.10 Å². The van der Waals surface area contributed by atoms with Crippen LogP contribution in [0.5, 0.6) is 0 Å². The molecule has 0 bridgehead atoms. The van der Waals surface area contributed by atoms with Crippen LogP contribution in [-0.4, -0.2) is 23.4 Å². The number of rotatable bonds is 6. The summed E-state index contributed by atoms with van der Waals surface area (Å²) in [7, 11) is 0. The molecule has 9 heteroatoms. The van der Waals surface area contributed by atoms with Crippen molar-refractivity contribution in [3.05, 3.63) is 98.5 Å². The van der Waals surface area contributed by atoms with Crippen molar-refractivity contribution in [1.82, 2.24) is 0 Å². The number of fused-ring (bicyclic) bond motifs is 1. The number of amides is 1. The van der Waals surface area contributed by atoms with Crippen molar-refractivity contribution < 1.29 is 23.9 Å². The lowest BCUT2D eigenvalue weighted by Crippen LogP contribution is -2.38. The third kappa shape index (κ3) is 4.50. The summed E-state index contributed by atoms with van der Waals surface area (Å²) in [6.45, 7) is 0. The van der Waals surface area contributed by atoms with Gasteiger partial charge in [0, 0.05) is 11.1 Å². The van der Waals surface area contributed by atoms with E-state index in [-0.39, 0.29) is 31.9 Å². The Hall–Kier alpha value is -3.19. The van der Waals surface area contributed by atoms with Crippen LogP contribution >= 0.6 is 34.8 Å². The highest BCUT2D eigenvalue weighted by Gasteiger charge is 2.46. The van der Waals surface area contributed by atoms with Crippen LogP contribution in [0.2, 0.25) is 15.1 Å². The monoisotopic (exact) mass is 501 g/mol. The second-order valence-corrected chi connectivity index (χ2v) is 8.41. The van der Waals surface area contributed by atoms with Gasteiger partial charge in [-0.3, -0.25) is 14.4 Å². The second kappa shape index (κ2) is 9.35. The van der Waals surface area contributed by atoms with Crippen molar-refractivity contribution in [3.8, 4) is 0 Å². The minimum atomic E-state index is -1.61. The number of Topliss-reactive ketones (excluding diaryl/α,β-unsaturated/α-hetero) is 2.